The molecular formula is C21H24ClN3O. The molecule has 0 saturated heterocycles. The van der Waals surface area contributed by atoms with Crippen LogP contribution in [-0.2, 0) is 6.42 Å². The second kappa shape index (κ2) is 7.31. The van der Waals surface area contributed by atoms with Gasteiger partial charge < -0.3 is 19.9 Å². The topological polar surface area (TPSA) is 40.3 Å². The summed E-state index contributed by atoms with van der Waals surface area (Å²) in [6, 6.07) is 14.6. The van der Waals surface area contributed by atoms with Crippen LogP contribution in [0.5, 0.6) is 5.75 Å². The third-order valence-electron chi connectivity index (χ3n) is 4.93. The van der Waals surface area contributed by atoms with Gasteiger partial charge in [-0.2, -0.15) is 0 Å². The number of rotatable bonds is 5. The Morgan fingerprint density at radius 2 is 1.96 bits per heavy atom. The molecule has 2 heterocycles. The fourth-order valence-corrected chi connectivity index (χ4v) is 3.76. The second-order valence-electron chi connectivity index (χ2n) is 7.07. The van der Waals surface area contributed by atoms with Gasteiger partial charge >= 0.3 is 0 Å². The van der Waals surface area contributed by atoms with Crippen molar-refractivity contribution in [1.82, 2.24) is 15.2 Å². The van der Waals surface area contributed by atoms with E-state index in [-0.39, 0.29) is 6.04 Å². The van der Waals surface area contributed by atoms with Gasteiger partial charge in [0.25, 0.3) is 0 Å². The van der Waals surface area contributed by atoms with E-state index in [1.165, 1.54) is 22.2 Å². The molecule has 0 spiro atoms. The monoisotopic (exact) mass is 369 g/mol. The van der Waals surface area contributed by atoms with E-state index in [9.17, 15) is 0 Å². The molecule has 0 aliphatic carbocycles. The van der Waals surface area contributed by atoms with E-state index >= 15 is 0 Å². The Balaban J connectivity index is 1.59. The molecule has 1 atom stereocenters. The van der Waals surface area contributed by atoms with Crippen molar-refractivity contribution in [2.45, 2.75) is 12.5 Å². The largest absolute Gasteiger partial charge is 0.492 e. The van der Waals surface area contributed by atoms with E-state index in [2.05, 4.69) is 51.6 Å². The zero-order chi connectivity index (χ0) is 18.1. The molecule has 0 fully saturated rings. The van der Waals surface area contributed by atoms with Gasteiger partial charge in [-0.05, 0) is 62.0 Å². The summed E-state index contributed by atoms with van der Waals surface area (Å²) >= 11 is 6.20. The summed E-state index contributed by atoms with van der Waals surface area (Å²) < 4.78 is 5.81. The lowest BCUT2D eigenvalue weighted by Crippen LogP contribution is -2.30. The first kappa shape index (κ1) is 17.4. The molecule has 1 aliphatic rings. The first-order valence-corrected chi connectivity index (χ1v) is 9.40. The molecule has 26 heavy (non-hydrogen) atoms. The molecule has 0 radical (unpaired) electrons. The van der Waals surface area contributed by atoms with Gasteiger partial charge in [-0.3, -0.25) is 0 Å². The van der Waals surface area contributed by atoms with E-state index in [0.29, 0.717) is 6.61 Å². The van der Waals surface area contributed by atoms with E-state index in [1.54, 1.807) is 0 Å². The van der Waals surface area contributed by atoms with Gasteiger partial charge in [0.15, 0.2) is 0 Å². The zero-order valence-corrected chi connectivity index (χ0v) is 15.9. The van der Waals surface area contributed by atoms with Crippen LogP contribution < -0.4 is 10.1 Å². The maximum Gasteiger partial charge on any atom is 0.119 e. The smallest absolute Gasteiger partial charge is 0.119 e. The van der Waals surface area contributed by atoms with Crippen LogP contribution in [0.3, 0.4) is 0 Å². The lowest BCUT2D eigenvalue weighted by atomic mass is 9.94. The number of ether oxygens (including phenoxy) is 1. The number of H-pyrrole nitrogens is 1. The Labute approximate surface area is 159 Å². The zero-order valence-electron chi connectivity index (χ0n) is 15.2. The summed E-state index contributed by atoms with van der Waals surface area (Å²) in [6.07, 6.45) is 1.01. The number of benzene rings is 2. The van der Waals surface area contributed by atoms with Gasteiger partial charge in [-0.15, -0.1) is 0 Å². The fourth-order valence-electron chi connectivity index (χ4n) is 3.59. The highest BCUT2D eigenvalue weighted by molar-refractivity contribution is 6.31. The Hall–Kier alpha value is -2.01. The Morgan fingerprint density at radius 3 is 2.73 bits per heavy atom. The first-order valence-electron chi connectivity index (χ1n) is 9.02. The first-order chi connectivity index (χ1) is 12.6. The standard InChI is InChI=1S/C21H24ClN3O/c1-25(2)11-12-26-16-6-3-14(4-7-16)20-21-17(9-10-23-20)18-13-15(22)5-8-19(18)24-21/h3-8,13,20,23-24H,9-12H2,1-2H3. The summed E-state index contributed by atoms with van der Waals surface area (Å²) in [6.45, 7) is 2.56. The number of nitrogens with one attached hydrogen (secondary N) is 2. The van der Waals surface area contributed by atoms with Crippen molar-refractivity contribution >= 4 is 22.5 Å². The molecule has 5 heteroatoms. The molecular weight excluding hydrogens is 346 g/mol. The van der Waals surface area contributed by atoms with Crippen molar-refractivity contribution in [3.8, 4) is 5.75 Å². The molecule has 3 aromatic rings. The van der Waals surface area contributed by atoms with Crippen molar-refractivity contribution in [2.75, 3.05) is 33.8 Å². The summed E-state index contributed by atoms with van der Waals surface area (Å²) in [7, 11) is 4.10. The van der Waals surface area contributed by atoms with Crippen LogP contribution in [-0.4, -0.2) is 43.7 Å². The molecule has 2 aromatic carbocycles. The average Bonchev–Trinajstić information content (AvgIpc) is 3.00. The van der Waals surface area contributed by atoms with Gasteiger partial charge in [-0.1, -0.05) is 23.7 Å². The molecule has 4 rings (SSSR count). The number of nitrogens with zero attached hydrogens (tertiary/aromatic N) is 1. The van der Waals surface area contributed by atoms with Crippen molar-refractivity contribution in [2.24, 2.45) is 0 Å². The summed E-state index contributed by atoms with van der Waals surface area (Å²) in [5.41, 5.74) is 5.01. The van der Waals surface area contributed by atoms with Crippen LogP contribution in [0.2, 0.25) is 5.02 Å². The maximum absolute atomic E-state index is 6.20. The molecule has 0 bridgehead atoms. The Kier molecular flexibility index (Phi) is 4.90. The third kappa shape index (κ3) is 3.45. The summed E-state index contributed by atoms with van der Waals surface area (Å²) in [4.78, 5) is 5.71. The Morgan fingerprint density at radius 1 is 1.15 bits per heavy atom. The second-order valence-corrected chi connectivity index (χ2v) is 7.50. The van der Waals surface area contributed by atoms with E-state index in [1.807, 2.05) is 20.2 Å². The van der Waals surface area contributed by atoms with Crippen LogP contribution in [0.4, 0.5) is 0 Å². The minimum absolute atomic E-state index is 0.167. The van der Waals surface area contributed by atoms with Crippen LogP contribution in [0.25, 0.3) is 10.9 Å². The van der Waals surface area contributed by atoms with Crippen molar-refractivity contribution in [1.29, 1.82) is 0 Å². The molecule has 2 N–H and O–H groups in total. The quantitative estimate of drug-likeness (QED) is 0.714. The van der Waals surface area contributed by atoms with Gasteiger partial charge in [0.2, 0.25) is 0 Å². The average molecular weight is 370 g/mol. The number of fused-ring (bicyclic) bond motifs is 3. The number of likely N-dealkylation sites (N-methyl/N-ethyl adjacent to an activating group) is 1. The van der Waals surface area contributed by atoms with Gasteiger partial charge in [-0.25, -0.2) is 0 Å². The van der Waals surface area contributed by atoms with E-state index < -0.39 is 0 Å². The highest BCUT2D eigenvalue weighted by atomic mass is 35.5. The highest BCUT2D eigenvalue weighted by Crippen LogP contribution is 2.35. The van der Waals surface area contributed by atoms with E-state index in [0.717, 1.165) is 35.8 Å². The number of hydrogen-bond acceptors (Lipinski definition) is 3. The molecule has 0 saturated carbocycles. The van der Waals surface area contributed by atoms with Gasteiger partial charge in [0.05, 0.1) is 6.04 Å². The summed E-state index contributed by atoms with van der Waals surface area (Å²) in [5, 5.41) is 5.66. The molecule has 1 unspecified atom stereocenters. The molecule has 4 nitrogen and oxygen atoms in total. The predicted octanol–water partition coefficient (Wildman–Crippen LogP) is 4.00. The van der Waals surface area contributed by atoms with Crippen molar-refractivity contribution < 1.29 is 4.74 Å². The lowest BCUT2D eigenvalue weighted by molar-refractivity contribution is 0.261. The SMILES string of the molecule is CN(C)CCOc1ccc(C2NCCc3c2[nH]c2ccc(Cl)cc32)cc1. The highest BCUT2D eigenvalue weighted by Gasteiger charge is 2.25. The Bertz CT molecular complexity index is 902. The normalized spacial score (nSPS) is 16.8. The van der Waals surface area contributed by atoms with Gasteiger partial charge in [0.1, 0.15) is 12.4 Å². The number of halogens is 1. The van der Waals surface area contributed by atoms with Crippen molar-refractivity contribution in [3.63, 3.8) is 0 Å². The van der Waals surface area contributed by atoms with Crippen molar-refractivity contribution in [3.05, 3.63) is 64.3 Å². The lowest BCUT2D eigenvalue weighted by Gasteiger charge is -2.25. The fraction of sp³-hybridized carbons (Fsp3) is 0.333. The number of hydrogen-bond donors (Lipinski definition) is 2. The molecule has 1 aromatic heterocycles. The summed E-state index contributed by atoms with van der Waals surface area (Å²) in [5.74, 6) is 0.912. The number of aromatic amines is 1. The predicted molar refractivity (Wildman–Crippen MR) is 107 cm³/mol. The minimum Gasteiger partial charge on any atom is -0.492 e. The molecule has 136 valence electrons. The van der Waals surface area contributed by atoms with Gasteiger partial charge in [0, 0.05) is 34.7 Å². The van der Waals surface area contributed by atoms with E-state index in [4.69, 9.17) is 16.3 Å². The number of aromatic nitrogens is 1. The van der Waals surface area contributed by atoms with Crippen LogP contribution in [0, 0.1) is 0 Å². The minimum atomic E-state index is 0.167. The molecule has 0 amide bonds. The third-order valence-corrected chi connectivity index (χ3v) is 5.17. The van der Waals surface area contributed by atoms with Crippen LogP contribution in [0.1, 0.15) is 22.9 Å². The molecule has 1 aliphatic heterocycles. The van der Waals surface area contributed by atoms with Crippen LogP contribution in [0.15, 0.2) is 42.5 Å². The van der Waals surface area contributed by atoms with Crippen LogP contribution >= 0.6 is 11.6 Å². The maximum atomic E-state index is 6.20.